The zero-order valence-electron chi connectivity index (χ0n) is 10.8. The van der Waals surface area contributed by atoms with Crippen molar-refractivity contribution in [3.8, 4) is 0 Å². The number of aryl methyl sites for hydroxylation is 1. The molecule has 0 bridgehead atoms. The number of hydrogen-bond donors (Lipinski definition) is 1. The van der Waals surface area contributed by atoms with Crippen molar-refractivity contribution in [3.05, 3.63) is 15.6 Å². The molecule has 0 saturated carbocycles. The predicted octanol–water partition coefficient (Wildman–Crippen LogP) is 0.912. The van der Waals surface area contributed by atoms with Crippen molar-refractivity contribution in [2.75, 3.05) is 33.2 Å². The lowest BCUT2D eigenvalue weighted by atomic mass is 10.3. The van der Waals surface area contributed by atoms with Crippen LogP contribution in [0.1, 0.15) is 22.5 Å². The van der Waals surface area contributed by atoms with Crippen LogP contribution in [0.25, 0.3) is 0 Å². The van der Waals surface area contributed by atoms with Gasteiger partial charge in [-0.1, -0.05) is 6.92 Å². The molecule has 2 N–H and O–H groups in total. The molecule has 1 saturated heterocycles. The Morgan fingerprint density at radius 3 is 2.53 bits per heavy atom. The number of piperazine rings is 1. The number of nitrogens with two attached hydrogens (primary N) is 1. The SMILES string of the molecule is CCc1nc(CN2CCN(C)CC2)sc1CN. The molecule has 0 radical (unpaired) electrons. The zero-order chi connectivity index (χ0) is 12.3. The molecule has 96 valence electrons. The molecular formula is C12H22N4S. The monoisotopic (exact) mass is 254 g/mol. The molecule has 0 aromatic carbocycles. The molecule has 4 nitrogen and oxygen atoms in total. The minimum absolute atomic E-state index is 0.629. The largest absolute Gasteiger partial charge is 0.326 e. The van der Waals surface area contributed by atoms with Crippen molar-refractivity contribution < 1.29 is 0 Å². The molecule has 2 heterocycles. The van der Waals surface area contributed by atoms with Gasteiger partial charge < -0.3 is 10.6 Å². The Kier molecular flexibility index (Phi) is 4.50. The maximum Gasteiger partial charge on any atom is 0.107 e. The second-order valence-electron chi connectivity index (χ2n) is 4.61. The summed E-state index contributed by atoms with van der Waals surface area (Å²) in [7, 11) is 2.18. The van der Waals surface area contributed by atoms with Gasteiger partial charge in [-0.3, -0.25) is 4.90 Å². The van der Waals surface area contributed by atoms with Crippen molar-refractivity contribution in [1.29, 1.82) is 0 Å². The van der Waals surface area contributed by atoms with Gasteiger partial charge in [0.15, 0.2) is 0 Å². The average molecular weight is 254 g/mol. The van der Waals surface area contributed by atoms with Gasteiger partial charge in [-0.15, -0.1) is 11.3 Å². The third-order valence-corrected chi connectivity index (χ3v) is 4.40. The first kappa shape index (κ1) is 13.0. The second-order valence-corrected chi connectivity index (χ2v) is 5.78. The van der Waals surface area contributed by atoms with E-state index in [0.717, 1.165) is 39.1 Å². The van der Waals surface area contributed by atoms with Crippen LogP contribution in [0.4, 0.5) is 0 Å². The number of nitrogens with zero attached hydrogens (tertiary/aromatic N) is 3. The van der Waals surface area contributed by atoms with Crippen LogP contribution in [0.5, 0.6) is 0 Å². The summed E-state index contributed by atoms with van der Waals surface area (Å²) in [6.07, 6.45) is 0.992. The van der Waals surface area contributed by atoms with Crippen LogP contribution in [0, 0.1) is 0 Å². The summed E-state index contributed by atoms with van der Waals surface area (Å²) in [6, 6.07) is 0. The highest BCUT2D eigenvalue weighted by Crippen LogP contribution is 2.20. The zero-order valence-corrected chi connectivity index (χ0v) is 11.6. The molecule has 1 fully saturated rings. The topological polar surface area (TPSA) is 45.4 Å². The molecule has 1 aliphatic heterocycles. The van der Waals surface area contributed by atoms with E-state index in [4.69, 9.17) is 10.7 Å². The summed E-state index contributed by atoms with van der Waals surface area (Å²) in [5, 5.41) is 1.23. The first-order valence-corrected chi connectivity index (χ1v) is 7.13. The summed E-state index contributed by atoms with van der Waals surface area (Å²) >= 11 is 1.79. The van der Waals surface area contributed by atoms with Gasteiger partial charge in [0.05, 0.1) is 12.2 Å². The summed E-state index contributed by atoms with van der Waals surface area (Å²) < 4.78 is 0. The Morgan fingerprint density at radius 2 is 2.00 bits per heavy atom. The maximum atomic E-state index is 5.74. The lowest BCUT2D eigenvalue weighted by molar-refractivity contribution is 0.148. The molecule has 2 rings (SSSR count). The van der Waals surface area contributed by atoms with Crippen molar-refractivity contribution in [2.24, 2.45) is 5.73 Å². The Hall–Kier alpha value is -0.490. The molecule has 0 spiro atoms. The maximum absolute atomic E-state index is 5.74. The first-order valence-electron chi connectivity index (χ1n) is 6.31. The van der Waals surface area contributed by atoms with Crippen molar-refractivity contribution in [3.63, 3.8) is 0 Å². The lowest BCUT2D eigenvalue weighted by Gasteiger charge is -2.31. The molecule has 1 aromatic heterocycles. The van der Waals surface area contributed by atoms with Crippen LogP contribution in [0.2, 0.25) is 0 Å². The summed E-state index contributed by atoms with van der Waals surface area (Å²) in [4.78, 5) is 10.8. The van der Waals surface area contributed by atoms with E-state index >= 15 is 0 Å². The Morgan fingerprint density at radius 1 is 1.29 bits per heavy atom. The van der Waals surface area contributed by atoms with Crippen LogP contribution >= 0.6 is 11.3 Å². The van der Waals surface area contributed by atoms with Crippen molar-refractivity contribution >= 4 is 11.3 Å². The first-order chi connectivity index (χ1) is 8.22. The second kappa shape index (κ2) is 5.91. The quantitative estimate of drug-likeness (QED) is 0.867. The highest BCUT2D eigenvalue weighted by Gasteiger charge is 2.16. The van der Waals surface area contributed by atoms with E-state index in [1.807, 2.05) is 0 Å². The predicted molar refractivity (Wildman–Crippen MR) is 72.2 cm³/mol. The van der Waals surface area contributed by atoms with E-state index in [2.05, 4.69) is 23.8 Å². The molecule has 1 aromatic rings. The third kappa shape index (κ3) is 3.25. The van der Waals surface area contributed by atoms with E-state index in [1.165, 1.54) is 15.6 Å². The fourth-order valence-corrected chi connectivity index (χ4v) is 3.22. The molecular weight excluding hydrogens is 232 g/mol. The number of thiazole rings is 1. The van der Waals surface area contributed by atoms with Crippen LogP contribution in [0.3, 0.4) is 0 Å². The number of likely N-dealkylation sites (N-methyl/N-ethyl adjacent to an activating group) is 1. The smallest absolute Gasteiger partial charge is 0.107 e. The van der Waals surface area contributed by atoms with Crippen molar-refractivity contribution in [2.45, 2.75) is 26.4 Å². The van der Waals surface area contributed by atoms with Gasteiger partial charge in [0.25, 0.3) is 0 Å². The summed E-state index contributed by atoms with van der Waals surface area (Å²) in [5.74, 6) is 0. The molecule has 0 unspecified atom stereocenters. The Labute approximate surface area is 107 Å². The van der Waals surface area contributed by atoms with Gasteiger partial charge in [0.1, 0.15) is 5.01 Å². The van der Waals surface area contributed by atoms with Crippen molar-refractivity contribution in [1.82, 2.24) is 14.8 Å². The lowest BCUT2D eigenvalue weighted by Crippen LogP contribution is -2.43. The van der Waals surface area contributed by atoms with Gasteiger partial charge in [-0.05, 0) is 13.5 Å². The van der Waals surface area contributed by atoms with Gasteiger partial charge in [0.2, 0.25) is 0 Å². The molecule has 17 heavy (non-hydrogen) atoms. The van der Waals surface area contributed by atoms with Crippen LogP contribution in [-0.4, -0.2) is 48.0 Å². The number of aromatic nitrogens is 1. The van der Waals surface area contributed by atoms with Crippen LogP contribution < -0.4 is 5.73 Å². The summed E-state index contributed by atoms with van der Waals surface area (Å²) in [5.41, 5.74) is 6.94. The number of rotatable bonds is 4. The van der Waals surface area contributed by atoms with E-state index in [9.17, 15) is 0 Å². The molecule has 0 amide bonds. The molecule has 0 aliphatic carbocycles. The average Bonchev–Trinajstić information content (AvgIpc) is 2.74. The van der Waals surface area contributed by atoms with E-state index < -0.39 is 0 Å². The Balaban J connectivity index is 1.96. The fourth-order valence-electron chi connectivity index (χ4n) is 2.14. The van der Waals surface area contributed by atoms with E-state index in [-0.39, 0.29) is 0 Å². The van der Waals surface area contributed by atoms with Gasteiger partial charge in [0, 0.05) is 37.6 Å². The molecule has 1 aliphatic rings. The molecule has 0 atom stereocenters. The summed E-state index contributed by atoms with van der Waals surface area (Å²) in [6.45, 7) is 8.39. The standard InChI is InChI=1S/C12H22N4S/c1-3-10-11(8-13)17-12(14-10)9-16-6-4-15(2)5-7-16/h3-9,13H2,1-2H3. The molecule has 5 heteroatoms. The van der Waals surface area contributed by atoms with Gasteiger partial charge >= 0.3 is 0 Å². The fraction of sp³-hybridized carbons (Fsp3) is 0.750. The van der Waals surface area contributed by atoms with E-state index in [0.29, 0.717) is 6.54 Å². The van der Waals surface area contributed by atoms with Crippen LogP contribution in [-0.2, 0) is 19.5 Å². The normalized spacial score (nSPS) is 18.8. The number of hydrogen-bond acceptors (Lipinski definition) is 5. The van der Waals surface area contributed by atoms with E-state index in [1.54, 1.807) is 11.3 Å². The highest BCUT2D eigenvalue weighted by atomic mass is 32.1. The third-order valence-electron chi connectivity index (χ3n) is 3.30. The minimum Gasteiger partial charge on any atom is -0.326 e. The highest BCUT2D eigenvalue weighted by molar-refractivity contribution is 7.11. The van der Waals surface area contributed by atoms with Gasteiger partial charge in [-0.25, -0.2) is 4.98 Å². The Bertz CT molecular complexity index is 334. The minimum atomic E-state index is 0.629. The van der Waals surface area contributed by atoms with Gasteiger partial charge in [-0.2, -0.15) is 0 Å². The van der Waals surface area contributed by atoms with Crippen LogP contribution in [0.15, 0.2) is 0 Å².